The molecule has 0 unspecified atom stereocenters. The second kappa shape index (κ2) is 21.4. The summed E-state index contributed by atoms with van der Waals surface area (Å²) in [6.45, 7) is 18.3. The summed E-state index contributed by atoms with van der Waals surface area (Å²) in [5.74, 6) is 0. The van der Waals surface area contributed by atoms with Crippen LogP contribution in [0.1, 0.15) is 125 Å². The molecule has 0 aromatic heterocycles. The van der Waals surface area contributed by atoms with Crippen LogP contribution < -0.4 is 0 Å². The van der Waals surface area contributed by atoms with Crippen molar-refractivity contribution in [2.45, 2.75) is 128 Å². The molecule has 1 heterocycles. The zero-order valence-corrected chi connectivity index (χ0v) is 29.5. The van der Waals surface area contributed by atoms with Gasteiger partial charge in [0.25, 0.3) is 0 Å². The third kappa shape index (κ3) is 13.0. The van der Waals surface area contributed by atoms with Gasteiger partial charge in [0.05, 0.1) is 0 Å². The van der Waals surface area contributed by atoms with Gasteiger partial charge in [0.2, 0.25) is 11.4 Å². The first-order chi connectivity index (χ1) is 20.9. The Labute approximate surface area is 273 Å². The molecule has 0 fully saturated rings. The minimum atomic E-state index is 0.832. The first kappa shape index (κ1) is 36.9. The Bertz CT molecular complexity index is 1230. The van der Waals surface area contributed by atoms with Gasteiger partial charge in [-0.25, -0.2) is 4.70 Å². The van der Waals surface area contributed by atoms with Crippen molar-refractivity contribution in [3.05, 3.63) is 112 Å². The minimum absolute atomic E-state index is 0.832. The van der Waals surface area contributed by atoms with Crippen LogP contribution in [0.3, 0.4) is 0 Å². The Kier molecular flexibility index (Phi) is 18.3. The first-order valence-corrected chi connectivity index (χ1v) is 18.9. The third-order valence-corrected chi connectivity index (χ3v) is 9.50. The molecular formula is C40H58N2Pd. The number of hydrogen-bond acceptors (Lipinski definition) is 0. The molecule has 0 aliphatic carbocycles. The molecule has 1 aliphatic rings. The van der Waals surface area contributed by atoms with Crippen molar-refractivity contribution in [2.75, 3.05) is 0 Å². The number of rotatable bonds is 19. The van der Waals surface area contributed by atoms with E-state index in [-0.39, 0.29) is 0 Å². The van der Waals surface area contributed by atoms with Crippen molar-refractivity contribution in [1.82, 2.24) is 0 Å². The van der Waals surface area contributed by atoms with Crippen LogP contribution in [0.25, 0.3) is 16.9 Å². The molecule has 0 N–H and O–H groups in total. The average Bonchev–Trinajstić information content (AvgIpc) is 3.32. The Morgan fingerprint density at radius 1 is 0.651 bits per heavy atom. The van der Waals surface area contributed by atoms with E-state index in [9.17, 15) is 5.53 Å². The van der Waals surface area contributed by atoms with Crippen molar-refractivity contribution in [3.63, 3.8) is 0 Å². The largest absolute Gasteiger partial charge is 0.493 e. The number of unbranched alkanes of at least 4 members (excludes halogenated alkanes) is 7. The van der Waals surface area contributed by atoms with E-state index in [0.29, 0.717) is 0 Å². The minimum Gasteiger partial charge on any atom is -0.493 e. The number of nitrogens with zero attached hydrogens (tertiary/aromatic N) is 2. The molecule has 0 amide bonds. The number of allylic oxidation sites excluding steroid dienone is 4. The molecule has 43 heavy (non-hydrogen) atoms. The van der Waals surface area contributed by atoms with Gasteiger partial charge in [-0.05, 0) is 87.8 Å². The molecule has 3 heteroatoms. The normalized spacial score (nSPS) is 12.8. The summed E-state index contributed by atoms with van der Waals surface area (Å²) in [5.41, 5.74) is 22.3. The summed E-state index contributed by atoms with van der Waals surface area (Å²) in [5, 5.41) is 0. The van der Waals surface area contributed by atoms with Crippen LogP contribution in [0.15, 0.2) is 73.4 Å². The van der Waals surface area contributed by atoms with Crippen molar-refractivity contribution < 1.29 is 22.7 Å². The molecule has 2 nitrogen and oxygen atoms in total. The summed E-state index contributed by atoms with van der Waals surface area (Å²) in [6, 6.07) is 13.7. The van der Waals surface area contributed by atoms with E-state index in [1.165, 1.54) is 107 Å². The molecule has 0 atom stereocenters. The second-order valence-electron chi connectivity index (χ2n) is 11.8. The van der Waals surface area contributed by atoms with E-state index in [2.05, 4.69) is 90.3 Å². The van der Waals surface area contributed by atoms with Crippen LogP contribution in [0.4, 0.5) is 0 Å². The van der Waals surface area contributed by atoms with Gasteiger partial charge in [-0.2, -0.15) is 0 Å². The Morgan fingerprint density at radius 2 is 1.16 bits per heavy atom. The van der Waals surface area contributed by atoms with Gasteiger partial charge in [0.15, 0.2) is 0 Å². The van der Waals surface area contributed by atoms with Gasteiger partial charge in [-0.15, -0.1) is 0 Å². The summed E-state index contributed by atoms with van der Waals surface area (Å²) in [7, 11) is 0. The first-order valence-electron chi connectivity index (χ1n) is 16.7. The zero-order valence-electron chi connectivity index (χ0n) is 27.9. The number of hydrogen-bond donors (Lipinski definition) is 0. The zero-order chi connectivity index (χ0) is 31.5. The van der Waals surface area contributed by atoms with Gasteiger partial charge in [0, 0.05) is 22.8 Å². The maximum atomic E-state index is 11.6. The van der Waals surface area contributed by atoms with E-state index in [1.54, 1.807) is 0 Å². The van der Waals surface area contributed by atoms with Crippen molar-refractivity contribution in [2.24, 2.45) is 0 Å². The van der Waals surface area contributed by atoms with Gasteiger partial charge < -0.3 is 5.53 Å². The summed E-state index contributed by atoms with van der Waals surface area (Å²) < 4.78 is 1.49. The number of aryl methyl sites for hydroxylation is 4. The SMILES string of the molecule is C=C[CH2][Pd][CH2]C=C.CCCCCCCCC1=C(c2cc(C)cc(CCCC)c2)[N+](=[N-])C(c2cc(C)cc(CCCC)c2)=C1. The number of benzene rings is 2. The quantitative estimate of drug-likeness (QED) is 0.0614. The monoisotopic (exact) mass is 672 g/mol. The van der Waals surface area contributed by atoms with E-state index in [0.717, 1.165) is 59.8 Å². The van der Waals surface area contributed by atoms with Gasteiger partial charge in [0.1, 0.15) is 0 Å². The molecule has 0 radical (unpaired) electrons. The van der Waals surface area contributed by atoms with Crippen LogP contribution in [-0.2, 0) is 30.8 Å². The topological polar surface area (TPSA) is 25.3 Å². The molecule has 238 valence electrons. The molecule has 0 saturated carbocycles. The van der Waals surface area contributed by atoms with E-state index in [4.69, 9.17) is 0 Å². The predicted molar refractivity (Wildman–Crippen MR) is 186 cm³/mol. The van der Waals surface area contributed by atoms with Crippen molar-refractivity contribution in [3.8, 4) is 0 Å². The molecular weight excluding hydrogens is 615 g/mol. The maximum Gasteiger partial charge on any atom is 0.210 e. The standard InChI is InChI=1S/C34H48N2.2C3H5.Pd/c1-6-9-12-13-14-15-18-30-25-33(31-21-26(4)19-28(23-31)16-10-7-2)36(35)34(30)32-22-27(5)20-29(24-32)17-11-8-3;2*1-3-2;/h19-25H,6-18H2,1-5H3;2*3H,1-2H2;. The van der Waals surface area contributed by atoms with Crippen LogP contribution in [0.5, 0.6) is 0 Å². The molecule has 2 aromatic rings. The summed E-state index contributed by atoms with van der Waals surface area (Å²) in [6.07, 6.45) is 21.8. The van der Waals surface area contributed by atoms with Gasteiger partial charge in [-0.1, -0.05) is 89.0 Å². The third-order valence-electron chi connectivity index (χ3n) is 7.70. The van der Waals surface area contributed by atoms with Crippen LogP contribution in [-0.4, -0.2) is 4.70 Å². The van der Waals surface area contributed by atoms with E-state index in [1.807, 2.05) is 12.2 Å². The average molecular weight is 673 g/mol. The molecule has 1 aliphatic heterocycles. The summed E-state index contributed by atoms with van der Waals surface area (Å²) >= 11 is 0.832. The fourth-order valence-electron chi connectivity index (χ4n) is 5.59. The van der Waals surface area contributed by atoms with Crippen LogP contribution in [0, 0.1) is 13.8 Å². The van der Waals surface area contributed by atoms with Crippen LogP contribution >= 0.6 is 0 Å². The van der Waals surface area contributed by atoms with E-state index < -0.39 is 0 Å². The van der Waals surface area contributed by atoms with Crippen molar-refractivity contribution >= 4 is 11.4 Å². The fourth-order valence-corrected chi connectivity index (χ4v) is 6.49. The summed E-state index contributed by atoms with van der Waals surface area (Å²) in [4.78, 5) is 2.33. The smallest absolute Gasteiger partial charge is 0.210 e. The second-order valence-corrected chi connectivity index (χ2v) is 13.9. The maximum absolute atomic E-state index is 11.6. The van der Waals surface area contributed by atoms with E-state index >= 15 is 0 Å². The Hall–Kier alpha value is -2.34. The molecule has 0 bridgehead atoms. The molecule has 2 aromatic carbocycles. The van der Waals surface area contributed by atoms with Gasteiger partial charge >= 0.3 is 53.1 Å². The fraction of sp³-hybridized carbons (Fsp3) is 0.500. The van der Waals surface area contributed by atoms with Crippen LogP contribution in [0.2, 0.25) is 9.79 Å². The van der Waals surface area contributed by atoms with Gasteiger partial charge in [-0.3, -0.25) is 0 Å². The molecule has 0 spiro atoms. The van der Waals surface area contributed by atoms with Crippen molar-refractivity contribution in [1.29, 1.82) is 0 Å². The predicted octanol–water partition coefficient (Wildman–Crippen LogP) is 12.8. The molecule has 3 rings (SSSR count). The molecule has 0 saturated heterocycles. The Balaban J connectivity index is 0.000000821. The Morgan fingerprint density at radius 3 is 1.72 bits per heavy atom.